The summed E-state index contributed by atoms with van der Waals surface area (Å²) < 4.78 is 12.3. The van der Waals surface area contributed by atoms with E-state index in [4.69, 9.17) is 15.2 Å². The number of likely N-dealkylation sites (tertiary alicyclic amines) is 1. The average molecular weight is 375 g/mol. The minimum absolute atomic E-state index is 0.0309. The van der Waals surface area contributed by atoms with E-state index in [0.717, 1.165) is 43.1 Å². The van der Waals surface area contributed by atoms with Crippen LogP contribution < -0.4 is 15.4 Å². The second-order valence-corrected chi connectivity index (χ2v) is 6.79. The van der Waals surface area contributed by atoms with Crippen LogP contribution in [0, 0.1) is 5.92 Å². The van der Waals surface area contributed by atoms with Gasteiger partial charge in [-0.3, -0.25) is 4.79 Å². The minimum Gasteiger partial charge on any atom is -0.497 e. The number of hydrogen-bond acceptors (Lipinski definition) is 6. The van der Waals surface area contributed by atoms with Crippen LogP contribution in [-0.4, -0.2) is 60.0 Å². The number of ether oxygens (including phenoxy) is 2. The van der Waals surface area contributed by atoms with Crippen molar-refractivity contribution in [3.8, 4) is 5.75 Å². The molecular formula is C18H27N6O3+. The molecule has 27 heavy (non-hydrogen) atoms. The van der Waals surface area contributed by atoms with Crippen molar-refractivity contribution in [1.82, 2.24) is 20.2 Å². The molecule has 9 heteroatoms. The predicted molar refractivity (Wildman–Crippen MR) is 97.1 cm³/mol. The highest BCUT2D eigenvalue weighted by molar-refractivity contribution is 5.76. The van der Waals surface area contributed by atoms with E-state index in [0.29, 0.717) is 13.2 Å². The number of rotatable bonds is 8. The van der Waals surface area contributed by atoms with Gasteiger partial charge in [0.15, 0.2) is 6.04 Å². The lowest BCUT2D eigenvalue weighted by molar-refractivity contribution is -0.931. The molecule has 2 aromatic rings. The molecule has 3 N–H and O–H groups in total. The molecule has 3 rings (SSSR count). The molecule has 1 fully saturated rings. The van der Waals surface area contributed by atoms with Gasteiger partial charge in [0.2, 0.25) is 11.7 Å². The largest absolute Gasteiger partial charge is 0.497 e. The van der Waals surface area contributed by atoms with Crippen LogP contribution in [0.4, 0.5) is 0 Å². The fourth-order valence-electron chi connectivity index (χ4n) is 3.68. The Hall–Kier alpha value is -2.52. The molecule has 0 bridgehead atoms. The number of benzene rings is 1. The molecule has 0 spiro atoms. The molecular weight excluding hydrogens is 348 g/mol. The van der Waals surface area contributed by atoms with Crippen molar-refractivity contribution >= 4 is 5.91 Å². The molecule has 0 unspecified atom stereocenters. The average Bonchev–Trinajstić information content (AvgIpc) is 3.15. The van der Waals surface area contributed by atoms with Gasteiger partial charge in [0, 0.05) is 31.4 Å². The molecule has 9 nitrogen and oxygen atoms in total. The van der Waals surface area contributed by atoms with Gasteiger partial charge < -0.3 is 20.1 Å². The summed E-state index contributed by atoms with van der Waals surface area (Å²) in [4.78, 5) is 12.8. The molecule has 1 saturated heterocycles. The highest BCUT2D eigenvalue weighted by Gasteiger charge is 2.35. The van der Waals surface area contributed by atoms with Gasteiger partial charge in [-0.15, -0.1) is 5.10 Å². The van der Waals surface area contributed by atoms with Crippen molar-refractivity contribution in [3.05, 3.63) is 35.7 Å². The van der Waals surface area contributed by atoms with Crippen LogP contribution in [0.5, 0.6) is 5.75 Å². The number of tetrazole rings is 1. The number of amides is 1. The molecule has 0 radical (unpaired) electrons. The number of carbonyl (C=O) groups excluding carboxylic acids is 1. The zero-order valence-corrected chi connectivity index (χ0v) is 15.8. The number of hydrogen-bond donors (Lipinski definition) is 2. The number of quaternary nitrogens is 1. The smallest absolute Gasteiger partial charge is 0.220 e. The summed E-state index contributed by atoms with van der Waals surface area (Å²) in [6.45, 7) is 2.79. The third kappa shape index (κ3) is 4.42. The summed E-state index contributed by atoms with van der Waals surface area (Å²) in [5.41, 5.74) is 6.60. The first kappa shape index (κ1) is 19.2. The summed E-state index contributed by atoms with van der Waals surface area (Å²) in [5, 5.41) is 12.3. The molecule has 0 aliphatic carbocycles. The number of carbonyl (C=O) groups is 1. The maximum Gasteiger partial charge on any atom is 0.220 e. The van der Waals surface area contributed by atoms with Crippen LogP contribution in [0.1, 0.15) is 30.3 Å². The summed E-state index contributed by atoms with van der Waals surface area (Å²) >= 11 is 0. The van der Waals surface area contributed by atoms with Crippen molar-refractivity contribution in [3.63, 3.8) is 0 Å². The normalized spacial score (nSPS) is 21.0. The lowest BCUT2D eigenvalue weighted by atomic mass is 9.93. The van der Waals surface area contributed by atoms with Gasteiger partial charge >= 0.3 is 0 Å². The first-order valence-electron chi connectivity index (χ1n) is 9.17. The van der Waals surface area contributed by atoms with Crippen molar-refractivity contribution in [2.75, 3.05) is 33.9 Å². The first-order valence-corrected chi connectivity index (χ1v) is 9.17. The molecule has 1 aliphatic heterocycles. The Balaban J connectivity index is 1.89. The first-order chi connectivity index (χ1) is 13.1. The lowest BCUT2D eigenvalue weighted by Gasteiger charge is -2.33. The molecule has 1 atom stereocenters. The molecule has 1 aliphatic rings. The number of aromatic nitrogens is 4. The Kier molecular flexibility index (Phi) is 6.36. The van der Waals surface area contributed by atoms with E-state index in [1.54, 1.807) is 18.9 Å². The number of nitrogens with one attached hydrogen (secondary N) is 1. The van der Waals surface area contributed by atoms with Crippen LogP contribution in [-0.2, 0) is 16.1 Å². The van der Waals surface area contributed by atoms with E-state index in [1.165, 1.54) is 4.90 Å². The number of nitrogens with zero attached hydrogens (tertiary/aromatic N) is 4. The molecule has 146 valence electrons. The van der Waals surface area contributed by atoms with Gasteiger partial charge in [-0.2, -0.15) is 0 Å². The zero-order valence-electron chi connectivity index (χ0n) is 15.8. The summed E-state index contributed by atoms with van der Waals surface area (Å²) in [7, 11) is 3.31. The Bertz CT molecular complexity index is 740. The highest BCUT2D eigenvalue weighted by Crippen LogP contribution is 2.22. The second kappa shape index (κ2) is 8.92. The Morgan fingerprint density at radius 1 is 1.30 bits per heavy atom. The minimum atomic E-state index is -0.208. The predicted octanol–water partition coefficient (Wildman–Crippen LogP) is -0.802. The van der Waals surface area contributed by atoms with Crippen molar-refractivity contribution in [2.45, 2.75) is 25.4 Å². The van der Waals surface area contributed by atoms with Crippen LogP contribution in [0.25, 0.3) is 0 Å². The fraction of sp³-hybridized carbons (Fsp3) is 0.556. The van der Waals surface area contributed by atoms with Gasteiger partial charge in [0.05, 0.1) is 33.4 Å². The summed E-state index contributed by atoms with van der Waals surface area (Å²) in [5.74, 6) is 1.35. The molecule has 1 aromatic heterocycles. The topological polar surface area (TPSA) is 110 Å². The molecule has 1 amide bonds. The van der Waals surface area contributed by atoms with E-state index in [2.05, 4.69) is 15.5 Å². The maximum atomic E-state index is 11.5. The maximum absolute atomic E-state index is 11.5. The monoisotopic (exact) mass is 375 g/mol. The Morgan fingerprint density at radius 2 is 2.00 bits per heavy atom. The van der Waals surface area contributed by atoms with Crippen molar-refractivity contribution in [2.24, 2.45) is 11.7 Å². The van der Waals surface area contributed by atoms with E-state index in [9.17, 15) is 4.79 Å². The number of primary amides is 1. The molecule has 2 heterocycles. The summed E-state index contributed by atoms with van der Waals surface area (Å²) in [6, 6.07) is 7.96. The standard InChI is InChI=1S/C18H26N6O3/c1-26-12-11-24-18(20-21-22-24)16(13-3-5-15(27-2)6-4-13)23-9-7-14(8-10-23)17(19)25/h3-6,14,16H,7-12H2,1-2H3,(H2,19,25)/p+1/t16-/m0/s1. The van der Waals surface area contributed by atoms with Gasteiger partial charge in [0.25, 0.3) is 0 Å². The van der Waals surface area contributed by atoms with Gasteiger partial charge in [0.1, 0.15) is 5.75 Å². The van der Waals surface area contributed by atoms with Gasteiger partial charge in [-0.1, -0.05) is 0 Å². The van der Waals surface area contributed by atoms with Crippen LogP contribution in [0.15, 0.2) is 24.3 Å². The van der Waals surface area contributed by atoms with E-state index >= 15 is 0 Å². The van der Waals surface area contributed by atoms with Crippen LogP contribution in [0.3, 0.4) is 0 Å². The SMILES string of the molecule is COCCn1nnnc1[C@H](c1ccc(OC)cc1)[NH+]1CCC(C(N)=O)CC1. The van der Waals surface area contributed by atoms with Crippen LogP contribution in [0.2, 0.25) is 0 Å². The Labute approximate surface area is 158 Å². The van der Waals surface area contributed by atoms with Crippen molar-refractivity contribution in [1.29, 1.82) is 0 Å². The van der Waals surface area contributed by atoms with E-state index in [-0.39, 0.29) is 17.9 Å². The van der Waals surface area contributed by atoms with E-state index < -0.39 is 0 Å². The molecule has 0 saturated carbocycles. The highest BCUT2D eigenvalue weighted by atomic mass is 16.5. The van der Waals surface area contributed by atoms with Gasteiger partial charge in [-0.05, 0) is 34.7 Å². The third-order valence-electron chi connectivity index (χ3n) is 5.21. The third-order valence-corrected chi connectivity index (χ3v) is 5.21. The number of piperidine rings is 1. The zero-order chi connectivity index (χ0) is 19.2. The number of methoxy groups -OCH3 is 2. The van der Waals surface area contributed by atoms with Crippen LogP contribution >= 0.6 is 0 Å². The number of nitrogens with two attached hydrogens (primary N) is 1. The molecule has 1 aromatic carbocycles. The van der Waals surface area contributed by atoms with Gasteiger partial charge in [-0.25, -0.2) is 4.68 Å². The summed E-state index contributed by atoms with van der Waals surface area (Å²) in [6.07, 6.45) is 1.55. The lowest BCUT2D eigenvalue weighted by Crippen LogP contribution is -3.13. The van der Waals surface area contributed by atoms with E-state index in [1.807, 2.05) is 24.3 Å². The quantitative estimate of drug-likeness (QED) is 0.625. The fourth-order valence-corrected chi connectivity index (χ4v) is 3.68. The van der Waals surface area contributed by atoms with Crippen molar-refractivity contribution < 1.29 is 19.2 Å². The Morgan fingerprint density at radius 3 is 2.59 bits per heavy atom. The second-order valence-electron chi connectivity index (χ2n) is 6.79.